The van der Waals surface area contributed by atoms with E-state index in [2.05, 4.69) is 10.3 Å². The summed E-state index contributed by atoms with van der Waals surface area (Å²) in [6, 6.07) is 2.92. The maximum atomic E-state index is 11.1. The predicted molar refractivity (Wildman–Crippen MR) is 72.4 cm³/mol. The van der Waals surface area contributed by atoms with Crippen LogP contribution in [0.25, 0.3) is 0 Å². The third-order valence-corrected chi connectivity index (χ3v) is 3.65. The van der Waals surface area contributed by atoms with Crippen LogP contribution in [0.4, 0.5) is 17.3 Å². The van der Waals surface area contributed by atoms with Crippen LogP contribution >= 0.6 is 0 Å². The fourth-order valence-corrected chi connectivity index (χ4v) is 2.48. The summed E-state index contributed by atoms with van der Waals surface area (Å²) in [5.41, 5.74) is -0.0217. The highest BCUT2D eigenvalue weighted by molar-refractivity contribution is 5.62. The Bertz CT molecular complexity index is 480. The highest BCUT2D eigenvalue weighted by atomic mass is 16.6. The Morgan fingerprint density at radius 2 is 2.37 bits per heavy atom. The van der Waals surface area contributed by atoms with Crippen LogP contribution in [0.1, 0.15) is 13.3 Å². The molecule has 1 aromatic rings. The van der Waals surface area contributed by atoms with E-state index >= 15 is 0 Å². The van der Waals surface area contributed by atoms with Gasteiger partial charge in [0.25, 0.3) is 0 Å². The van der Waals surface area contributed by atoms with Crippen molar-refractivity contribution in [2.45, 2.75) is 19.4 Å². The van der Waals surface area contributed by atoms with E-state index in [1.54, 1.807) is 13.1 Å². The number of nitro groups is 1. The van der Waals surface area contributed by atoms with Crippen molar-refractivity contribution in [2.75, 3.05) is 30.4 Å². The molecule has 1 aliphatic heterocycles. The lowest BCUT2D eigenvalue weighted by atomic mass is 10.0. The number of aromatic nitrogens is 1. The fourth-order valence-electron chi connectivity index (χ4n) is 2.48. The lowest BCUT2D eigenvalue weighted by Crippen LogP contribution is -2.36. The Labute approximate surface area is 111 Å². The summed E-state index contributed by atoms with van der Waals surface area (Å²) in [5, 5.41) is 23.5. The van der Waals surface area contributed by atoms with Crippen molar-refractivity contribution in [2.24, 2.45) is 5.92 Å². The topological polar surface area (TPSA) is 91.5 Å². The van der Waals surface area contributed by atoms with Gasteiger partial charge in [-0.05, 0) is 18.4 Å². The van der Waals surface area contributed by atoms with Gasteiger partial charge >= 0.3 is 5.69 Å². The van der Waals surface area contributed by atoms with Crippen LogP contribution in [-0.4, -0.2) is 41.3 Å². The maximum Gasteiger partial charge on any atom is 0.311 e. The second kappa shape index (κ2) is 5.40. The lowest BCUT2D eigenvalue weighted by Gasteiger charge is -2.26. The molecule has 2 unspecified atom stereocenters. The number of aliphatic hydroxyl groups excluding tert-OH is 1. The van der Waals surface area contributed by atoms with Crippen LogP contribution in [0.5, 0.6) is 0 Å². The highest BCUT2D eigenvalue weighted by Crippen LogP contribution is 2.34. The molecule has 1 fully saturated rings. The molecule has 2 heterocycles. The number of hydrogen-bond donors (Lipinski definition) is 2. The second-order valence-electron chi connectivity index (χ2n) is 4.76. The Hall–Kier alpha value is -1.89. The monoisotopic (exact) mass is 266 g/mol. The van der Waals surface area contributed by atoms with E-state index in [1.165, 1.54) is 6.07 Å². The molecule has 1 aromatic heterocycles. The van der Waals surface area contributed by atoms with Gasteiger partial charge in [-0.1, -0.05) is 6.92 Å². The number of anilines is 2. The van der Waals surface area contributed by atoms with E-state index in [0.29, 0.717) is 24.1 Å². The van der Waals surface area contributed by atoms with E-state index in [9.17, 15) is 15.2 Å². The summed E-state index contributed by atoms with van der Waals surface area (Å²) in [6.07, 6.45) is 0.897. The number of pyridine rings is 1. The predicted octanol–water partition coefficient (Wildman–Crippen LogP) is 1.24. The molecule has 0 saturated carbocycles. The van der Waals surface area contributed by atoms with Crippen LogP contribution in [0, 0.1) is 16.0 Å². The third-order valence-electron chi connectivity index (χ3n) is 3.65. The van der Waals surface area contributed by atoms with Crippen molar-refractivity contribution in [3.8, 4) is 0 Å². The number of aliphatic hydroxyl groups is 1. The molecule has 104 valence electrons. The zero-order valence-electron chi connectivity index (χ0n) is 11.0. The van der Waals surface area contributed by atoms with Crippen molar-refractivity contribution in [1.82, 2.24) is 4.98 Å². The first-order valence-electron chi connectivity index (χ1n) is 6.29. The minimum absolute atomic E-state index is 0.0217. The fraction of sp³-hybridized carbons (Fsp3) is 0.583. The molecule has 2 rings (SSSR count). The smallest absolute Gasteiger partial charge is 0.311 e. The lowest BCUT2D eigenvalue weighted by molar-refractivity contribution is -0.384. The summed E-state index contributed by atoms with van der Waals surface area (Å²) in [5.74, 6) is 1.21. The quantitative estimate of drug-likeness (QED) is 0.629. The van der Waals surface area contributed by atoms with Crippen molar-refractivity contribution in [3.63, 3.8) is 0 Å². The average molecular weight is 266 g/mol. The number of nitrogens with one attached hydrogen (secondary N) is 1. The molecule has 0 aromatic carbocycles. The van der Waals surface area contributed by atoms with Gasteiger partial charge in [-0.25, -0.2) is 4.98 Å². The Morgan fingerprint density at radius 1 is 1.63 bits per heavy atom. The van der Waals surface area contributed by atoms with Crippen molar-refractivity contribution in [3.05, 3.63) is 22.2 Å². The summed E-state index contributed by atoms with van der Waals surface area (Å²) >= 11 is 0. The second-order valence-corrected chi connectivity index (χ2v) is 4.76. The van der Waals surface area contributed by atoms with E-state index in [0.717, 1.165) is 6.42 Å². The van der Waals surface area contributed by atoms with Gasteiger partial charge in [0.15, 0.2) is 0 Å². The normalized spacial score (nSPS) is 22.6. The molecule has 1 aliphatic rings. The molecular weight excluding hydrogens is 248 g/mol. The van der Waals surface area contributed by atoms with E-state index in [1.807, 2.05) is 11.8 Å². The Kier molecular flexibility index (Phi) is 3.84. The maximum absolute atomic E-state index is 11.1. The van der Waals surface area contributed by atoms with Crippen molar-refractivity contribution < 1.29 is 10.0 Å². The van der Waals surface area contributed by atoms with Crippen molar-refractivity contribution >= 4 is 17.3 Å². The standard InChI is InChI=1S/C12H18N4O3/c1-8-5-6-15(10(8)7-17)12-9(16(18)19)3-4-11(13-2)14-12/h3-4,8,10,17H,5-7H2,1-2H3,(H,13,14). The van der Waals surface area contributed by atoms with Gasteiger partial charge in [-0.3, -0.25) is 10.1 Å². The Balaban J connectivity index is 2.44. The first kappa shape index (κ1) is 13.5. The van der Waals surface area contributed by atoms with Gasteiger partial charge in [0.05, 0.1) is 17.6 Å². The molecule has 19 heavy (non-hydrogen) atoms. The van der Waals surface area contributed by atoms with Crippen LogP contribution < -0.4 is 10.2 Å². The van der Waals surface area contributed by atoms with E-state index < -0.39 is 4.92 Å². The van der Waals surface area contributed by atoms with Crippen molar-refractivity contribution in [1.29, 1.82) is 0 Å². The molecule has 0 bridgehead atoms. The first-order valence-corrected chi connectivity index (χ1v) is 6.29. The van der Waals surface area contributed by atoms with Gasteiger partial charge in [-0.2, -0.15) is 0 Å². The highest BCUT2D eigenvalue weighted by Gasteiger charge is 2.35. The minimum atomic E-state index is -0.431. The van der Waals surface area contributed by atoms with Gasteiger partial charge in [0.1, 0.15) is 5.82 Å². The average Bonchev–Trinajstić information content (AvgIpc) is 2.78. The van der Waals surface area contributed by atoms with E-state index in [4.69, 9.17) is 0 Å². The summed E-state index contributed by atoms with van der Waals surface area (Å²) in [6.45, 7) is 2.69. The van der Waals surface area contributed by atoms with Crippen LogP contribution in [0.15, 0.2) is 12.1 Å². The molecule has 0 aliphatic carbocycles. The SMILES string of the molecule is CNc1ccc([N+](=O)[O-])c(N2CCC(C)C2CO)n1. The molecule has 2 N–H and O–H groups in total. The largest absolute Gasteiger partial charge is 0.394 e. The van der Waals surface area contributed by atoms with Gasteiger partial charge < -0.3 is 15.3 Å². The van der Waals surface area contributed by atoms with Crippen LogP contribution in [-0.2, 0) is 0 Å². The minimum Gasteiger partial charge on any atom is -0.394 e. The van der Waals surface area contributed by atoms with Crippen LogP contribution in [0.2, 0.25) is 0 Å². The molecule has 0 spiro atoms. The summed E-state index contributed by atoms with van der Waals surface area (Å²) < 4.78 is 0. The summed E-state index contributed by atoms with van der Waals surface area (Å²) in [7, 11) is 1.72. The molecule has 7 heteroatoms. The van der Waals surface area contributed by atoms with Gasteiger partial charge in [-0.15, -0.1) is 0 Å². The van der Waals surface area contributed by atoms with E-state index in [-0.39, 0.29) is 18.3 Å². The zero-order chi connectivity index (χ0) is 14.0. The zero-order valence-corrected chi connectivity index (χ0v) is 11.0. The number of rotatable bonds is 4. The molecule has 0 amide bonds. The first-order chi connectivity index (χ1) is 9.08. The summed E-state index contributed by atoms with van der Waals surface area (Å²) in [4.78, 5) is 16.8. The molecule has 1 saturated heterocycles. The third kappa shape index (κ3) is 2.46. The van der Waals surface area contributed by atoms with Gasteiger partial charge in [0.2, 0.25) is 5.82 Å². The number of nitrogens with zero attached hydrogens (tertiary/aromatic N) is 3. The van der Waals surface area contributed by atoms with Gasteiger partial charge in [0, 0.05) is 19.7 Å². The number of hydrogen-bond acceptors (Lipinski definition) is 6. The molecule has 2 atom stereocenters. The Morgan fingerprint density at radius 3 is 2.95 bits per heavy atom. The molecule has 7 nitrogen and oxygen atoms in total. The molecular formula is C12H18N4O3. The molecule has 0 radical (unpaired) electrons. The van der Waals surface area contributed by atoms with Crippen LogP contribution in [0.3, 0.4) is 0 Å².